The summed E-state index contributed by atoms with van der Waals surface area (Å²) in [6.07, 6.45) is 0.126. The Kier molecular flexibility index (Phi) is 4.95. The van der Waals surface area contributed by atoms with Gasteiger partial charge in [-0.05, 0) is 48.9 Å². The van der Waals surface area contributed by atoms with Gasteiger partial charge in [-0.3, -0.25) is 9.59 Å². The van der Waals surface area contributed by atoms with Gasteiger partial charge in [-0.25, -0.2) is 0 Å². The number of benzene rings is 2. The molecule has 0 bridgehead atoms. The lowest BCUT2D eigenvalue weighted by molar-refractivity contribution is -0.139. The number of carbonyl (C=O) groups is 2. The van der Waals surface area contributed by atoms with Crippen molar-refractivity contribution in [2.45, 2.75) is 13.3 Å². The molecule has 2 aromatic rings. The first kappa shape index (κ1) is 17.3. The van der Waals surface area contributed by atoms with Crippen LogP contribution < -0.4 is 14.4 Å². The molecule has 0 N–H and O–H groups in total. The van der Waals surface area contributed by atoms with E-state index in [0.29, 0.717) is 16.5 Å². The minimum Gasteiger partial charge on any atom is -0.497 e. The molecule has 1 aliphatic heterocycles. The van der Waals surface area contributed by atoms with Crippen molar-refractivity contribution in [3.63, 3.8) is 0 Å². The molecule has 1 heterocycles. The van der Waals surface area contributed by atoms with Gasteiger partial charge in [0.1, 0.15) is 11.5 Å². The molecule has 1 amide bonds. The molecule has 1 saturated heterocycles. The monoisotopic (exact) mass is 359 g/mol. The summed E-state index contributed by atoms with van der Waals surface area (Å²) in [6, 6.07) is 12.1. The Morgan fingerprint density at radius 2 is 1.84 bits per heavy atom. The van der Waals surface area contributed by atoms with E-state index in [-0.39, 0.29) is 18.9 Å². The van der Waals surface area contributed by atoms with Crippen LogP contribution in [0.2, 0.25) is 5.02 Å². The fourth-order valence-corrected chi connectivity index (χ4v) is 3.00. The second-order valence-electron chi connectivity index (χ2n) is 5.89. The molecule has 25 heavy (non-hydrogen) atoms. The van der Waals surface area contributed by atoms with E-state index < -0.39 is 11.9 Å². The van der Waals surface area contributed by atoms with Gasteiger partial charge in [0.25, 0.3) is 0 Å². The van der Waals surface area contributed by atoms with Crippen molar-refractivity contribution >= 4 is 29.2 Å². The summed E-state index contributed by atoms with van der Waals surface area (Å²) in [5.74, 6) is 0.0739. The fraction of sp³-hybridized carbons (Fsp3) is 0.263. The minimum absolute atomic E-state index is 0.109. The molecule has 0 spiro atoms. The van der Waals surface area contributed by atoms with Crippen LogP contribution in [0.15, 0.2) is 42.5 Å². The van der Waals surface area contributed by atoms with Gasteiger partial charge >= 0.3 is 5.97 Å². The van der Waals surface area contributed by atoms with Crippen LogP contribution in [0.1, 0.15) is 12.0 Å². The third-order valence-electron chi connectivity index (χ3n) is 4.27. The molecule has 5 nitrogen and oxygen atoms in total. The summed E-state index contributed by atoms with van der Waals surface area (Å²) in [6.45, 7) is 2.14. The molecule has 3 rings (SSSR count). The summed E-state index contributed by atoms with van der Waals surface area (Å²) >= 11 is 6.13. The molecule has 1 atom stereocenters. The van der Waals surface area contributed by atoms with Crippen molar-refractivity contribution in [2.75, 3.05) is 18.6 Å². The maximum Gasteiger partial charge on any atom is 0.316 e. The number of methoxy groups -OCH3 is 1. The molecule has 0 aliphatic carbocycles. The SMILES string of the molecule is COc1ccc(OC(=O)[C@@H]2CC(=O)N(c3cccc(Cl)c3C)C2)cc1. The first-order chi connectivity index (χ1) is 12.0. The van der Waals surface area contributed by atoms with E-state index in [2.05, 4.69) is 0 Å². The number of halogens is 1. The number of carbonyl (C=O) groups excluding carboxylic acids is 2. The van der Waals surface area contributed by atoms with Crippen LogP contribution in [0, 0.1) is 12.8 Å². The van der Waals surface area contributed by atoms with Gasteiger partial charge < -0.3 is 14.4 Å². The largest absolute Gasteiger partial charge is 0.497 e. The number of rotatable bonds is 4. The minimum atomic E-state index is -0.506. The van der Waals surface area contributed by atoms with Crippen LogP contribution in [-0.2, 0) is 9.59 Å². The van der Waals surface area contributed by atoms with Crippen LogP contribution in [0.3, 0.4) is 0 Å². The molecule has 0 unspecified atom stereocenters. The average molecular weight is 360 g/mol. The Labute approximate surface area is 151 Å². The molecule has 0 aromatic heterocycles. The van der Waals surface area contributed by atoms with E-state index in [9.17, 15) is 9.59 Å². The standard InChI is InChI=1S/C19H18ClNO4/c1-12-16(20)4-3-5-17(12)21-11-13(10-18(21)22)19(23)25-15-8-6-14(24-2)7-9-15/h3-9,13H,10-11H2,1-2H3/t13-/m1/s1. The zero-order valence-electron chi connectivity index (χ0n) is 14.0. The van der Waals surface area contributed by atoms with E-state index in [0.717, 1.165) is 11.3 Å². The van der Waals surface area contributed by atoms with E-state index in [1.54, 1.807) is 48.4 Å². The molecule has 2 aromatic carbocycles. The maximum atomic E-state index is 12.4. The third-order valence-corrected chi connectivity index (χ3v) is 4.68. The summed E-state index contributed by atoms with van der Waals surface area (Å²) in [5.41, 5.74) is 1.55. The van der Waals surface area contributed by atoms with E-state index in [1.807, 2.05) is 13.0 Å². The van der Waals surface area contributed by atoms with E-state index in [4.69, 9.17) is 21.1 Å². The summed E-state index contributed by atoms with van der Waals surface area (Å²) in [5, 5.41) is 0.592. The number of anilines is 1. The highest BCUT2D eigenvalue weighted by atomic mass is 35.5. The van der Waals surface area contributed by atoms with Crippen molar-refractivity contribution in [3.8, 4) is 11.5 Å². The molecular formula is C19H18ClNO4. The highest BCUT2D eigenvalue weighted by Gasteiger charge is 2.37. The Hall–Kier alpha value is -2.53. The third kappa shape index (κ3) is 3.61. The molecule has 0 saturated carbocycles. The number of hydrogen-bond donors (Lipinski definition) is 0. The second kappa shape index (κ2) is 7.15. The maximum absolute atomic E-state index is 12.4. The quantitative estimate of drug-likeness (QED) is 0.618. The Bertz CT molecular complexity index is 804. The van der Waals surface area contributed by atoms with Crippen molar-refractivity contribution < 1.29 is 19.1 Å². The number of ether oxygens (including phenoxy) is 2. The highest BCUT2D eigenvalue weighted by Crippen LogP contribution is 2.32. The number of hydrogen-bond acceptors (Lipinski definition) is 4. The zero-order valence-corrected chi connectivity index (χ0v) is 14.7. The van der Waals surface area contributed by atoms with Crippen LogP contribution in [-0.4, -0.2) is 25.5 Å². The fourth-order valence-electron chi connectivity index (χ4n) is 2.83. The van der Waals surface area contributed by atoms with Crippen molar-refractivity contribution in [3.05, 3.63) is 53.1 Å². The van der Waals surface area contributed by atoms with E-state index >= 15 is 0 Å². The molecule has 1 fully saturated rings. The van der Waals surface area contributed by atoms with Crippen molar-refractivity contribution in [1.29, 1.82) is 0 Å². The van der Waals surface area contributed by atoms with Crippen LogP contribution >= 0.6 is 11.6 Å². The molecule has 6 heteroatoms. The van der Waals surface area contributed by atoms with Crippen LogP contribution in [0.4, 0.5) is 5.69 Å². The number of amides is 1. The predicted octanol–water partition coefficient (Wildman–Crippen LogP) is 3.62. The van der Waals surface area contributed by atoms with Gasteiger partial charge in [-0.1, -0.05) is 17.7 Å². The topological polar surface area (TPSA) is 55.8 Å². The summed E-state index contributed by atoms with van der Waals surface area (Å²) in [7, 11) is 1.57. The van der Waals surface area contributed by atoms with Gasteiger partial charge in [-0.15, -0.1) is 0 Å². The van der Waals surface area contributed by atoms with Crippen molar-refractivity contribution in [2.24, 2.45) is 5.92 Å². The van der Waals surface area contributed by atoms with Crippen LogP contribution in [0.25, 0.3) is 0 Å². The van der Waals surface area contributed by atoms with Gasteiger partial charge in [0.05, 0.1) is 13.0 Å². The zero-order chi connectivity index (χ0) is 18.0. The predicted molar refractivity (Wildman–Crippen MR) is 95.3 cm³/mol. The van der Waals surface area contributed by atoms with Crippen molar-refractivity contribution in [1.82, 2.24) is 0 Å². The Balaban J connectivity index is 1.71. The number of esters is 1. The lowest BCUT2D eigenvalue weighted by Crippen LogP contribution is -2.27. The first-order valence-electron chi connectivity index (χ1n) is 7.91. The highest BCUT2D eigenvalue weighted by molar-refractivity contribution is 6.31. The Morgan fingerprint density at radius 3 is 2.52 bits per heavy atom. The molecular weight excluding hydrogens is 342 g/mol. The van der Waals surface area contributed by atoms with Gasteiger partial charge in [0, 0.05) is 23.7 Å². The van der Waals surface area contributed by atoms with Gasteiger partial charge in [-0.2, -0.15) is 0 Å². The lowest BCUT2D eigenvalue weighted by Gasteiger charge is -2.19. The van der Waals surface area contributed by atoms with Gasteiger partial charge in [0.2, 0.25) is 5.91 Å². The summed E-state index contributed by atoms with van der Waals surface area (Å²) < 4.78 is 10.5. The van der Waals surface area contributed by atoms with E-state index in [1.165, 1.54) is 0 Å². The van der Waals surface area contributed by atoms with Gasteiger partial charge in [0.15, 0.2) is 0 Å². The smallest absolute Gasteiger partial charge is 0.316 e. The normalized spacial score (nSPS) is 16.8. The number of nitrogens with zero attached hydrogens (tertiary/aromatic N) is 1. The van der Waals surface area contributed by atoms with Crippen LogP contribution in [0.5, 0.6) is 11.5 Å². The lowest BCUT2D eigenvalue weighted by atomic mass is 10.1. The molecule has 130 valence electrons. The average Bonchev–Trinajstić information content (AvgIpc) is 3.00. The Morgan fingerprint density at radius 1 is 1.16 bits per heavy atom. The first-order valence-corrected chi connectivity index (χ1v) is 8.28. The molecule has 1 aliphatic rings. The summed E-state index contributed by atoms with van der Waals surface area (Å²) in [4.78, 5) is 26.3. The molecule has 0 radical (unpaired) electrons. The second-order valence-corrected chi connectivity index (χ2v) is 6.29.